The lowest BCUT2D eigenvalue weighted by Gasteiger charge is -2.31. The van der Waals surface area contributed by atoms with Gasteiger partial charge in [0, 0.05) is 29.9 Å². The molecule has 46 heavy (non-hydrogen) atoms. The van der Waals surface area contributed by atoms with Gasteiger partial charge in [-0.2, -0.15) is 5.26 Å². The number of hydrogen-bond acceptors (Lipinski definition) is 7. The molecule has 1 unspecified atom stereocenters. The second-order valence-electron chi connectivity index (χ2n) is 13.7. The van der Waals surface area contributed by atoms with Crippen LogP contribution in [0.1, 0.15) is 76.8 Å². The maximum atomic E-state index is 14.3. The topological polar surface area (TPSA) is 161 Å². The molecule has 0 spiro atoms. The number of fused-ring (bicyclic) bond motifs is 3. The van der Waals surface area contributed by atoms with Gasteiger partial charge in [0.15, 0.2) is 6.19 Å². The molecule has 3 aliphatic heterocycles. The molecular formula is C33H41FN6O6. The van der Waals surface area contributed by atoms with Crippen LogP contribution in [0.15, 0.2) is 30.4 Å². The van der Waals surface area contributed by atoms with Crippen LogP contribution in [0.4, 0.5) is 9.18 Å². The maximum Gasteiger partial charge on any atom is 0.410 e. The van der Waals surface area contributed by atoms with E-state index in [2.05, 4.69) is 16.0 Å². The lowest BCUT2D eigenvalue weighted by atomic mass is 9.94. The Bertz CT molecular complexity index is 1480. The Labute approximate surface area is 267 Å². The van der Waals surface area contributed by atoms with Gasteiger partial charge in [0.2, 0.25) is 17.7 Å². The van der Waals surface area contributed by atoms with E-state index in [1.54, 1.807) is 39.1 Å². The van der Waals surface area contributed by atoms with E-state index in [9.17, 15) is 28.4 Å². The first-order chi connectivity index (χ1) is 21.8. The van der Waals surface area contributed by atoms with Crippen LogP contribution in [0.3, 0.4) is 0 Å². The smallest absolute Gasteiger partial charge is 0.410 e. The van der Waals surface area contributed by atoms with E-state index in [0.29, 0.717) is 24.0 Å². The summed E-state index contributed by atoms with van der Waals surface area (Å²) in [5.41, 5.74) is -1.02. The normalized spacial score (nSPS) is 28.7. The molecular weight excluding hydrogens is 595 g/mol. The highest BCUT2D eigenvalue weighted by Gasteiger charge is 2.61. The van der Waals surface area contributed by atoms with Gasteiger partial charge in [-0.3, -0.25) is 29.4 Å². The highest BCUT2D eigenvalue weighted by molar-refractivity contribution is 5.99. The number of allylic oxidation sites excluding steroid dienone is 1. The molecule has 3 heterocycles. The minimum atomic E-state index is -1.35. The summed E-state index contributed by atoms with van der Waals surface area (Å²) >= 11 is 0. The van der Waals surface area contributed by atoms with Crippen molar-refractivity contribution in [3.63, 3.8) is 0 Å². The molecule has 4 aliphatic rings. The monoisotopic (exact) mass is 636 g/mol. The maximum absolute atomic E-state index is 14.3. The number of rotatable bonds is 3. The fraction of sp³-hybridized carbons (Fsp3) is 0.576. The van der Waals surface area contributed by atoms with Crippen molar-refractivity contribution in [2.45, 2.75) is 103 Å². The van der Waals surface area contributed by atoms with E-state index < -0.39 is 58.8 Å². The van der Waals surface area contributed by atoms with Crippen LogP contribution < -0.4 is 16.0 Å². The van der Waals surface area contributed by atoms with Crippen molar-refractivity contribution in [1.82, 2.24) is 25.8 Å². The van der Waals surface area contributed by atoms with Gasteiger partial charge in [-0.1, -0.05) is 57.9 Å². The van der Waals surface area contributed by atoms with E-state index in [0.717, 1.165) is 19.3 Å². The summed E-state index contributed by atoms with van der Waals surface area (Å²) in [6, 6.07) is 2.62. The zero-order valence-corrected chi connectivity index (χ0v) is 26.4. The summed E-state index contributed by atoms with van der Waals surface area (Å²) < 4.78 is 20.1. The number of amides is 5. The molecule has 1 aliphatic carbocycles. The summed E-state index contributed by atoms with van der Waals surface area (Å²) in [6.45, 7) is 5.32. The van der Waals surface area contributed by atoms with Crippen LogP contribution in [0.25, 0.3) is 0 Å². The number of nitriles is 1. The highest BCUT2D eigenvalue weighted by atomic mass is 19.1. The number of nitrogens with zero attached hydrogens (tertiary/aromatic N) is 3. The van der Waals surface area contributed by atoms with Crippen molar-refractivity contribution in [3.8, 4) is 6.19 Å². The molecule has 12 nitrogen and oxygen atoms in total. The molecule has 13 heteroatoms. The van der Waals surface area contributed by atoms with Gasteiger partial charge in [-0.05, 0) is 37.3 Å². The lowest BCUT2D eigenvalue weighted by molar-refractivity contribution is -0.143. The van der Waals surface area contributed by atoms with E-state index in [1.807, 2.05) is 12.2 Å². The van der Waals surface area contributed by atoms with Crippen molar-refractivity contribution in [3.05, 3.63) is 47.3 Å². The van der Waals surface area contributed by atoms with Gasteiger partial charge in [0.1, 0.15) is 29.5 Å². The standard InChI is InChI=1S/C33H41FN6O6/c1-32(2,3)29(43)37-25-13-8-6-4-5-7-11-21-15-33(21,30(44)36-19-35)38-27(41)26-14-22(17-40(26)28(25)42)46-31(45)39-16-20-10-9-12-24(34)23(20)18-39/h7,9-12,21-22,25-26H,4-6,8,13-18H2,1-3H3,(H,36,44)(H,37,43)(H,38,41)/b11-7-/t21-,22-,25+,26?,33-/m1/s1. The Morgan fingerprint density at radius 2 is 1.93 bits per heavy atom. The quantitative estimate of drug-likeness (QED) is 0.261. The first-order valence-corrected chi connectivity index (χ1v) is 15.9. The number of nitrogens with one attached hydrogen (secondary N) is 3. The van der Waals surface area contributed by atoms with Crippen LogP contribution in [0.5, 0.6) is 0 Å². The van der Waals surface area contributed by atoms with Crippen molar-refractivity contribution >= 4 is 29.7 Å². The van der Waals surface area contributed by atoms with Crippen LogP contribution >= 0.6 is 0 Å². The molecule has 1 aromatic carbocycles. The van der Waals surface area contributed by atoms with Gasteiger partial charge in [-0.15, -0.1) is 0 Å². The van der Waals surface area contributed by atoms with Gasteiger partial charge in [-0.25, -0.2) is 9.18 Å². The zero-order valence-electron chi connectivity index (χ0n) is 26.4. The van der Waals surface area contributed by atoms with Crippen LogP contribution in [0.2, 0.25) is 0 Å². The molecule has 1 aromatic rings. The molecule has 0 radical (unpaired) electrons. The van der Waals surface area contributed by atoms with Gasteiger partial charge < -0.3 is 20.3 Å². The molecule has 0 bridgehead atoms. The molecule has 5 amide bonds. The fourth-order valence-electron chi connectivity index (χ4n) is 6.43. The highest BCUT2D eigenvalue weighted by Crippen LogP contribution is 2.45. The van der Waals surface area contributed by atoms with Crippen LogP contribution in [-0.2, 0) is 37.0 Å². The number of hydrogen-bond donors (Lipinski definition) is 3. The Morgan fingerprint density at radius 3 is 2.65 bits per heavy atom. The Kier molecular flexibility index (Phi) is 9.37. The summed E-state index contributed by atoms with van der Waals surface area (Å²) in [7, 11) is 0. The summed E-state index contributed by atoms with van der Waals surface area (Å²) in [5.74, 6) is -2.80. The van der Waals surface area contributed by atoms with E-state index in [-0.39, 0.29) is 44.3 Å². The number of carbonyl (C=O) groups is 5. The minimum absolute atomic E-state index is 0.0342. The molecule has 246 valence electrons. The van der Waals surface area contributed by atoms with E-state index in [4.69, 9.17) is 10.00 Å². The first-order valence-electron chi connectivity index (χ1n) is 15.9. The lowest BCUT2D eigenvalue weighted by Crippen LogP contribution is -2.58. The average molecular weight is 637 g/mol. The number of carbonyl (C=O) groups excluding carboxylic acids is 5. The van der Waals surface area contributed by atoms with E-state index in [1.165, 1.54) is 15.9 Å². The second kappa shape index (κ2) is 13.1. The Hall–Kier alpha value is -4.47. The van der Waals surface area contributed by atoms with Crippen molar-refractivity contribution in [2.24, 2.45) is 11.3 Å². The molecule has 2 fully saturated rings. The van der Waals surface area contributed by atoms with Gasteiger partial charge >= 0.3 is 6.09 Å². The minimum Gasteiger partial charge on any atom is -0.444 e. The summed E-state index contributed by atoms with van der Waals surface area (Å²) in [4.78, 5) is 70.0. The fourth-order valence-corrected chi connectivity index (χ4v) is 6.43. The molecule has 3 N–H and O–H groups in total. The third-order valence-electron chi connectivity index (χ3n) is 9.25. The van der Waals surface area contributed by atoms with Gasteiger partial charge in [0.05, 0.1) is 13.1 Å². The van der Waals surface area contributed by atoms with Crippen LogP contribution in [-0.4, -0.2) is 69.8 Å². The first kappa shape index (κ1) is 32.9. The second-order valence-corrected chi connectivity index (χ2v) is 13.7. The average Bonchev–Trinajstić information content (AvgIpc) is 3.30. The number of halogens is 1. The molecule has 5 atom stereocenters. The molecule has 1 saturated heterocycles. The SMILES string of the molecule is CC(C)(C)C(=O)N[C@H]1CCCCC/C=C\[C@@H]2C[C@@]2(C(=O)NC#N)NC(=O)C2C[C@@H](OC(=O)N3Cc4cccc(F)c4C3)CN2C1=O. The van der Waals surface area contributed by atoms with Crippen molar-refractivity contribution < 1.29 is 33.1 Å². The Morgan fingerprint density at radius 1 is 1.15 bits per heavy atom. The third kappa shape index (κ3) is 6.85. The zero-order chi connectivity index (χ0) is 33.2. The molecule has 5 rings (SSSR count). The van der Waals surface area contributed by atoms with Crippen molar-refractivity contribution in [1.29, 1.82) is 5.26 Å². The predicted octanol–water partition coefficient (Wildman–Crippen LogP) is 2.77. The molecule has 1 saturated carbocycles. The van der Waals surface area contributed by atoms with Crippen LogP contribution in [0, 0.1) is 28.6 Å². The van der Waals surface area contributed by atoms with Gasteiger partial charge in [0.25, 0.3) is 5.91 Å². The largest absolute Gasteiger partial charge is 0.444 e. The summed E-state index contributed by atoms with van der Waals surface area (Å²) in [5, 5.41) is 17.0. The van der Waals surface area contributed by atoms with Crippen molar-refractivity contribution in [2.75, 3.05) is 6.54 Å². The third-order valence-corrected chi connectivity index (χ3v) is 9.25. The predicted molar refractivity (Wildman–Crippen MR) is 162 cm³/mol. The van der Waals surface area contributed by atoms with E-state index >= 15 is 0 Å². The molecule has 0 aromatic heterocycles. The Balaban J connectivity index is 1.40. The number of ether oxygens (including phenoxy) is 1. The summed E-state index contributed by atoms with van der Waals surface area (Å²) in [6.07, 6.45) is 7.51. The number of benzene rings is 1.